The zero-order valence-electron chi connectivity index (χ0n) is 15.9. The second-order valence-corrected chi connectivity index (χ2v) is 6.85. The molecule has 0 aliphatic carbocycles. The fraction of sp³-hybridized carbons (Fsp3) is 0.286. The summed E-state index contributed by atoms with van der Waals surface area (Å²) in [4.78, 5) is 31.0. The zero-order valence-corrected chi connectivity index (χ0v) is 16.6. The molecule has 0 saturated heterocycles. The van der Waals surface area contributed by atoms with Crippen molar-refractivity contribution in [2.24, 2.45) is 0 Å². The predicted molar refractivity (Wildman–Crippen MR) is 108 cm³/mol. The Kier molecular flexibility index (Phi) is 6.31. The average molecular weight is 400 g/mol. The second kappa shape index (κ2) is 8.89. The molecule has 6 nitrogen and oxygen atoms in total. The summed E-state index contributed by atoms with van der Waals surface area (Å²) in [7, 11) is 1.31. The summed E-state index contributed by atoms with van der Waals surface area (Å²) in [5.41, 5.74) is 2.63. The van der Waals surface area contributed by atoms with Gasteiger partial charge in [-0.1, -0.05) is 42.8 Å². The van der Waals surface area contributed by atoms with Crippen LogP contribution in [0.25, 0.3) is 11.0 Å². The van der Waals surface area contributed by atoms with Gasteiger partial charge >= 0.3 is 5.97 Å². The fourth-order valence-electron chi connectivity index (χ4n) is 3.07. The van der Waals surface area contributed by atoms with Crippen molar-refractivity contribution in [3.8, 4) is 0 Å². The molecule has 7 heteroatoms. The van der Waals surface area contributed by atoms with Gasteiger partial charge in [-0.25, -0.2) is 4.98 Å². The standard InChI is InChI=1S/C21H22ClN3O3/c1-3-19-23-17-6-4-5-7-18(17)25(19)13-20(26)24(14-21(27)28-2)12-15-8-10-16(22)11-9-15/h4-11H,3,12-14H2,1-2H3. The van der Waals surface area contributed by atoms with Crippen LogP contribution in [0.5, 0.6) is 0 Å². The van der Waals surface area contributed by atoms with Crippen molar-refractivity contribution in [1.82, 2.24) is 14.5 Å². The number of hydrogen-bond acceptors (Lipinski definition) is 4. The number of ether oxygens (including phenoxy) is 1. The van der Waals surface area contributed by atoms with Crippen molar-refractivity contribution in [3.63, 3.8) is 0 Å². The largest absolute Gasteiger partial charge is 0.468 e. The third-order valence-electron chi connectivity index (χ3n) is 4.53. The van der Waals surface area contributed by atoms with Crippen LogP contribution in [0.1, 0.15) is 18.3 Å². The predicted octanol–water partition coefficient (Wildman–Crippen LogP) is 3.45. The topological polar surface area (TPSA) is 64.4 Å². The number of carbonyl (C=O) groups excluding carboxylic acids is 2. The van der Waals surface area contributed by atoms with Gasteiger partial charge in [0.25, 0.3) is 0 Å². The molecule has 3 aromatic rings. The van der Waals surface area contributed by atoms with E-state index in [0.29, 0.717) is 18.0 Å². The van der Waals surface area contributed by atoms with E-state index in [1.807, 2.05) is 47.9 Å². The summed E-state index contributed by atoms with van der Waals surface area (Å²) in [6.07, 6.45) is 0.705. The van der Waals surface area contributed by atoms with Crippen molar-refractivity contribution >= 4 is 34.5 Å². The van der Waals surface area contributed by atoms with Gasteiger partial charge in [0.05, 0.1) is 18.1 Å². The molecule has 0 unspecified atom stereocenters. The number of imidazole rings is 1. The molecular formula is C21H22ClN3O3. The highest BCUT2D eigenvalue weighted by Gasteiger charge is 2.21. The lowest BCUT2D eigenvalue weighted by molar-refractivity contribution is -0.147. The monoisotopic (exact) mass is 399 g/mol. The number of hydrogen-bond donors (Lipinski definition) is 0. The molecule has 0 fully saturated rings. The lowest BCUT2D eigenvalue weighted by Gasteiger charge is -2.22. The number of rotatable bonds is 7. The normalized spacial score (nSPS) is 10.8. The minimum atomic E-state index is -0.464. The molecular weight excluding hydrogens is 378 g/mol. The summed E-state index contributed by atoms with van der Waals surface area (Å²) in [5.74, 6) is 0.186. The highest BCUT2D eigenvalue weighted by Crippen LogP contribution is 2.18. The summed E-state index contributed by atoms with van der Waals surface area (Å²) in [6.45, 7) is 2.28. The Morgan fingerprint density at radius 1 is 1.14 bits per heavy atom. The minimum absolute atomic E-state index is 0.105. The number of methoxy groups -OCH3 is 1. The first-order valence-electron chi connectivity index (χ1n) is 9.05. The van der Waals surface area contributed by atoms with E-state index in [4.69, 9.17) is 16.3 Å². The van der Waals surface area contributed by atoms with Crippen molar-refractivity contribution in [2.75, 3.05) is 13.7 Å². The molecule has 0 aliphatic rings. The first kappa shape index (κ1) is 19.9. The first-order chi connectivity index (χ1) is 13.5. The van der Waals surface area contributed by atoms with Crippen LogP contribution in [-0.2, 0) is 33.8 Å². The Bertz CT molecular complexity index is 982. The van der Waals surface area contributed by atoms with Gasteiger partial charge in [0.1, 0.15) is 18.9 Å². The highest BCUT2D eigenvalue weighted by molar-refractivity contribution is 6.30. The molecule has 1 amide bonds. The van der Waals surface area contributed by atoms with E-state index in [1.165, 1.54) is 12.0 Å². The van der Waals surface area contributed by atoms with E-state index in [2.05, 4.69) is 4.98 Å². The molecule has 3 rings (SSSR count). The van der Waals surface area contributed by atoms with Crippen molar-refractivity contribution in [2.45, 2.75) is 26.4 Å². The van der Waals surface area contributed by atoms with Crippen LogP contribution in [0.2, 0.25) is 5.02 Å². The van der Waals surface area contributed by atoms with Crippen LogP contribution in [0.3, 0.4) is 0 Å². The summed E-state index contributed by atoms with van der Waals surface area (Å²) in [6, 6.07) is 14.9. The van der Waals surface area contributed by atoms with Crippen LogP contribution in [-0.4, -0.2) is 40.0 Å². The van der Waals surface area contributed by atoms with Crippen LogP contribution < -0.4 is 0 Å². The summed E-state index contributed by atoms with van der Waals surface area (Å²) >= 11 is 5.94. The SMILES string of the molecule is CCc1nc2ccccc2n1CC(=O)N(CC(=O)OC)Cc1ccc(Cl)cc1. The Morgan fingerprint density at radius 3 is 2.54 bits per heavy atom. The molecule has 0 spiro atoms. The summed E-state index contributed by atoms with van der Waals surface area (Å²) in [5, 5.41) is 0.618. The van der Waals surface area contributed by atoms with E-state index in [1.54, 1.807) is 12.1 Å². The molecule has 1 heterocycles. The fourth-order valence-corrected chi connectivity index (χ4v) is 3.20. The van der Waals surface area contributed by atoms with Gasteiger partial charge in [0.15, 0.2) is 0 Å². The molecule has 2 aromatic carbocycles. The number of aromatic nitrogens is 2. The maximum absolute atomic E-state index is 13.1. The number of benzene rings is 2. The summed E-state index contributed by atoms with van der Waals surface area (Å²) < 4.78 is 6.67. The molecule has 0 aliphatic heterocycles. The molecule has 0 bridgehead atoms. The lowest BCUT2D eigenvalue weighted by atomic mass is 10.2. The third kappa shape index (κ3) is 4.51. The van der Waals surface area contributed by atoms with E-state index in [9.17, 15) is 9.59 Å². The number of amides is 1. The molecule has 0 N–H and O–H groups in total. The number of nitrogens with zero attached hydrogens (tertiary/aromatic N) is 3. The molecule has 1 aromatic heterocycles. The van der Waals surface area contributed by atoms with Gasteiger partial charge in [-0.15, -0.1) is 0 Å². The smallest absolute Gasteiger partial charge is 0.325 e. The number of aryl methyl sites for hydroxylation is 1. The van der Waals surface area contributed by atoms with Gasteiger partial charge in [0, 0.05) is 18.0 Å². The Balaban J connectivity index is 1.86. The molecule has 0 atom stereocenters. The van der Waals surface area contributed by atoms with Crippen LogP contribution in [0.15, 0.2) is 48.5 Å². The van der Waals surface area contributed by atoms with Crippen molar-refractivity contribution in [1.29, 1.82) is 0 Å². The number of carbonyl (C=O) groups is 2. The van der Waals surface area contributed by atoms with Crippen LogP contribution in [0.4, 0.5) is 0 Å². The van der Waals surface area contributed by atoms with E-state index >= 15 is 0 Å². The van der Waals surface area contributed by atoms with Gasteiger partial charge in [-0.2, -0.15) is 0 Å². The van der Waals surface area contributed by atoms with Gasteiger partial charge in [-0.05, 0) is 29.8 Å². The third-order valence-corrected chi connectivity index (χ3v) is 4.78. The average Bonchev–Trinajstić information content (AvgIpc) is 3.06. The van der Waals surface area contributed by atoms with E-state index < -0.39 is 5.97 Å². The number of fused-ring (bicyclic) bond motifs is 1. The Morgan fingerprint density at radius 2 is 1.86 bits per heavy atom. The van der Waals surface area contributed by atoms with E-state index in [-0.39, 0.29) is 19.0 Å². The van der Waals surface area contributed by atoms with Gasteiger partial charge in [0.2, 0.25) is 5.91 Å². The Hall–Kier alpha value is -2.86. The van der Waals surface area contributed by atoms with Crippen LogP contribution in [0, 0.1) is 0 Å². The number of para-hydroxylation sites is 2. The van der Waals surface area contributed by atoms with Gasteiger partial charge in [-0.3, -0.25) is 9.59 Å². The number of esters is 1. The second-order valence-electron chi connectivity index (χ2n) is 6.41. The van der Waals surface area contributed by atoms with E-state index in [0.717, 1.165) is 22.4 Å². The maximum Gasteiger partial charge on any atom is 0.325 e. The highest BCUT2D eigenvalue weighted by atomic mass is 35.5. The minimum Gasteiger partial charge on any atom is -0.468 e. The molecule has 0 radical (unpaired) electrons. The van der Waals surface area contributed by atoms with Crippen molar-refractivity contribution in [3.05, 3.63) is 64.9 Å². The van der Waals surface area contributed by atoms with Crippen LogP contribution >= 0.6 is 11.6 Å². The number of halogens is 1. The quantitative estimate of drug-likeness (QED) is 0.571. The zero-order chi connectivity index (χ0) is 20.1. The lowest BCUT2D eigenvalue weighted by Crippen LogP contribution is -2.38. The molecule has 28 heavy (non-hydrogen) atoms. The van der Waals surface area contributed by atoms with Crippen molar-refractivity contribution < 1.29 is 14.3 Å². The van der Waals surface area contributed by atoms with Gasteiger partial charge < -0.3 is 14.2 Å². The maximum atomic E-state index is 13.1. The molecule has 146 valence electrons. The first-order valence-corrected chi connectivity index (χ1v) is 9.42. The Labute approximate surface area is 168 Å². The molecule has 0 saturated carbocycles.